The topological polar surface area (TPSA) is 82.8 Å². The van der Waals surface area contributed by atoms with Crippen molar-refractivity contribution in [2.75, 3.05) is 32.4 Å². The number of nitrogens with one attached hydrogen (secondary N) is 1. The number of ether oxygens (including phenoxy) is 3. The zero-order chi connectivity index (χ0) is 16.8. The van der Waals surface area contributed by atoms with E-state index < -0.39 is 5.97 Å². The average molecular weight is 316 g/mol. The minimum atomic E-state index is -0.407. The number of anilines is 2. The minimum Gasteiger partial charge on any atom is -0.497 e. The van der Waals surface area contributed by atoms with Crippen molar-refractivity contribution in [2.45, 2.75) is 6.54 Å². The lowest BCUT2D eigenvalue weighted by Gasteiger charge is -2.14. The standard InChI is InChI=1S/C17H20N2O4/c1-21-13-6-4-12(16(9-13)22-2)10-19-15-8-11(17(20)23-3)5-7-14(15)18/h4-9,19H,10,18H2,1-3H3. The van der Waals surface area contributed by atoms with E-state index in [0.29, 0.717) is 29.2 Å². The second-order valence-corrected chi connectivity index (χ2v) is 4.82. The Balaban J connectivity index is 2.19. The molecule has 2 aromatic carbocycles. The summed E-state index contributed by atoms with van der Waals surface area (Å²) in [5.41, 5.74) is 8.53. The highest BCUT2D eigenvalue weighted by molar-refractivity contribution is 5.91. The van der Waals surface area contributed by atoms with Gasteiger partial charge in [0.25, 0.3) is 0 Å². The molecule has 122 valence electrons. The third-order valence-corrected chi connectivity index (χ3v) is 3.44. The first-order valence-electron chi connectivity index (χ1n) is 7.01. The maximum Gasteiger partial charge on any atom is 0.337 e. The summed E-state index contributed by atoms with van der Waals surface area (Å²) in [5.74, 6) is 1.02. The summed E-state index contributed by atoms with van der Waals surface area (Å²) >= 11 is 0. The lowest BCUT2D eigenvalue weighted by atomic mass is 10.1. The molecule has 0 saturated carbocycles. The maximum atomic E-state index is 11.6. The third-order valence-electron chi connectivity index (χ3n) is 3.44. The van der Waals surface area contributed by atoms with E-state index in [1.165, 1.54) is 7.11 Å². The molecule has 0 amide bonds. The van der Waals surface area contributed by atoms with Crippen LogP contribution in [0, 0.1) is 0 Å². The van der Waals surface area contributed by atoms with E-state index in [4.69, 9.17) is 19.9 Å². The number of esters is 1. The van der Waals surface area contributed by atoms with Crippen LogP contribution in [0.4, 0.5) is 11.4 Å². The highest BCUT2D eigenvalue weighted by atomic mass is 16.5. The third kappa shape index (κ3) is 3.85. The fourth-order valence-corrected chi connectivity index (χ4v) is 2.14. The molecule has 6 heteroatoms. The van der Waals surface area contributed by atoms with E-state index >= 15 is 0 Å². The molecule has 0 aliphatic rings. The quantitative estimate of drug-likeness (QED) is 0.630. The van der Waals surface area contributed by atoms with E-state index in [1.54, 1.807) is 32.4 Å². The summed E-state index contributed by atoms with van der Waals surface area (Å²) in [6.45, 7) is 0.488. The second-order valence-electron chi connectivity index (χ2n) is 4.82. The monoisotopic (exact) mass is 316 g/mol. The first-order valence-corrected chi connectivity index (χ1v) is 7.01. The zero-order valence-electron chi connectivity index (χ0n) is 13.4. The molecule has 2 aromatic rings. The number of methoxy groups -OCH3 is 3. The fourth-order valence-electron chi connectivity index (χ4n) is 2.14. The van der Waals surface area contributed by atoms with Gasteiger partial charge in [0.15, 0.2) is 0 Å². The molecule has 0 aromatic heterocycles. The smallest absolute Gasteiger partial charge is 0.337 e. The van der Waals surface area contributed by atoms with Gasteiger partial charge in [-0.3, -0.25) is 0 Å². The Morgan fingerprint density at radius 2 is 1.87 bits per heavy atom. The number of carbonyl (C=O) groups is 1. The fraction of sp³-hybridized carbons (Fsp3) is 0.235. The minimum absolute atomic E-state index is 0.407. The molecule has 0 saturated heterocycles. The predicted octanol–water partition coefficient (Wildman–Crippen LogP) is 2.68. The highest BCUT2D eigenvalue weighted by Gasteiger charge is 2.10. The second kappa shape index (κ2) is 7.40. The van der Waals surface area contributed by atoms with E-state index in [0.717, 1.165) is 11.3 Å². The van der Waals surface area contributed by atoms with Gasteiger partial charge >= 0.3 is 5.97 Å². The molecule has 0 heterocycles. The van der Waals surface area contributed by atoms with Gasteiger partial charge in [-0.05, 0) is 30.3 Å². The lowest BCUT2D eigenvalue weighted by molar-refractivity contribution is 0.0601. The highest BCUT2D eigenvalue weighted by Crippen LogP contribution is 2.27. The molecule has 0 bridgehead atoms. The molecule has 6 nitrogen and oxygen atoms in total. The zero-order valence-corrected chi connectivity index (χ0v) is 13.4. The summed E-state index contributed by atoms with van der Waals surface area (Å²) in [6.07, 6.45) is 0. The van der Waals surface area contributed by atoms with Crippen LogP contribution in [0.1, 0.15) is 15.9 Å². The van der Waals surface area contributed by atoms with Gasteiger partial charge in [0.05, 0.1) is 38.3 Å². The number of benzene rings is 2. The van der Waals surface area contributed by atoms with Gasteiger partial charge in [-0.1, -0.05) is 0 Å². The van der Waals surface area contributed by atoms with Crippen molar-refractivity contribution in [3.05, 3.63) is 47.5 Å². The lowest BCUT2D eigenvalue weighted by Crippen LogP contribution is -2.07. The number of carbonyl (C=O) groups excluding carboxylic acids is 1. The van der Waals surface area contributed by atoms with Gasteiger partial charge in [0.1, 0.15) is 11.5 Å². The van der Waals surface area contributed by atoms with Crippen LogP contribution >= 0.6 is 0 Å². The van der Waals surface area contributed by atoms with Crippen LogP contribution in [0.15, 0.2) is 36.4 Å². The van der Waals surface area contributed by atoms with Crippen LogP contribution in [0.2, 0.25) is 0 Å². The van der Waals surface area contributed by atoms with Gasteiger partial charge in [0, 0.05) is 18.2 Å². The normalized spacial score (nSPS) is 10.0. The van der Waals surface area contributed by atoms with Crippen LogP contribution in [-0.4, -0.2) is 27.3 Å². The van der Waals surface area contributed by atoms with Gasteiger partial charge in [0.2, 0.25) is 0 Å². The number of hydrogen-bond acceptors (Lipinski definition) is 6. The van der Waals surface area contributed by atoms with E-state index in [9.17, 15) is 4.79 Å². The predicted molar refractivity (Wildman–Crippen MR) is 89.1 cm³/mol. The summed E-state index contributed by atoms with van der Waals surface area (Å²) in [5, 5.41) is 3.21. The molecule has 0 radical (unpaired) electrons. The molecule has 0 fully saturated rings. The first kappa shape index (κ1) is 16.5. The number of nitrogens with two attached hydrogens (primary N) is 1. The Hall–Kier alpha value is -2.89. The van der Waals surface area contributed by atoms with E-state index in [-0.39, 0.29) is 0 Å². The summed E-state index contributed by atoms with van der Waals surface area (Å²) < 4.78 is 15.3. The van der Waals surface area contributed by atoms with E-state index in [2.05, 4.69) is 5.32 Å². The van der Waals surface area contributed by atoms with Crippen molar-refractivity contribution >= 4 is 17.3 Å². The molecule has 2 rings (SSSR count). The van der Waals surface area contributed by atoms with Crippen LogP contribution in [0.5, 0.6) is 11.5 Å². The summed E-state index contributed by atoms with van der Waals surface area (Å²) in [4.78, 5) is 11.6. The maximum absolute atomic E-state index is 11.6. The van der Waals surface area contributed by atoms with E-state index in [1.807, 2.05) is 18.2 Å². The average Bonchev–Trinajstić information content (AvgIpc) is 2.60. The molecular formula is C17H20N2O4. The van der Waals surface area contributed by atoms with Crippen molar-refractivity contribution in [3.8, 4) is 11.5 Å². The molecular weight excluding hydrogens is 296 g/mol. The van der Waals surface area contributed by atoms with Crippen LogP contribution < -0.4 is 20.5 Å². The van der Waals surface area contributed by atoms with Gasteiger partial charge in [-0.15, -0.1) is 0 Å². The SMILES string of the molecule is COC(=O)c1ccc(N)c(NCc2ccc(OC)cc2OC)c1. The summed E-state index contributed by atoms with van der Waals surface area (Å²) in [6, 6.07) is 10.5. The summed E-state index contributed by atoms with van der Waals surface area (Å²) in [7, 11) is 4.55. The van der Waals surface area contributed by atoms with Crippen LogP contribution in [-0.2, 0) is 11.3 Å². The van der Waals surface area contributed by atoms with Crippen molar-refractivity contribution in [2.24, 2.45) is 0 Å². The van der Waals surface area contributed by atoms with Crippen molar-refractivity contribution < 1.29 is 19.0 Å². The molecule has 3 N–H and O–H groups in total. The van der Waals surface area contributed by atoms with Crippen molar-refractivity contribution in [1.29, 1.82) is 0 Å². The Morgan fingerprint density at radius 3 is 2.52 bits per heavy atom. The number of nitrogen functional groups attached to an aromatic ring is 1. The molecule has 23 heavy (non-hydrogen) atoms. The van der Waals surface area contributed by atoms with Crippen molar-refractivity contribution in [3.63, 3.8) is 0 Å². The molecule has 0 aliphatic carbocycles. The van der Waals surface area contributed by atoms with Crippen LogP contribution in [0.25, 0.3) is 0 Å². The largest absolute Gasteiger partial charge is 0.497 e. The number of rotatable bonds is 6. The Bertz CT molecular complexity index is 701. The van der Waals surface area contributed by atoms with Gasteiger partial charge in [-0.25, -0.2) is 4.79 Å². The van der Waals surface area contributed by atoms with Gasteiger partial charge in [-0.2, -0.15) is 0 Å². The number of hydrogen-bond donors (Lipinski definition) is 2. The molecule has 0 spiro atoms. The Kier molecular flexibility index (Phi) is 5.30. The first-order chi connectivity index (χ1) is 11.1. The molecule has 0 atom stereocenters. The Morgan fingerprint density at radius 1 is 1.09 bits per heavy atom. The van der Waals surface area contributed by atoms with Gasteiger partial charge < -0.3 is 25.3 Å². The van der Waals surface area contributed by atoms with Crippen LogP contribution in [0.3, 0.4) is 0 Å². The Labute approximate surface area is 135 Å². The molecule has 0 unspecified atom stereocenters. The molecule has 0 aliphatic heterocycles. The van der Waals surface area contributed by atoms with Crippen molar-refractivity contribution in [1.82, 2.24) is 0 Å².